The van der Waals surface area contributed by atoms with Crippen molar-refractivity contribution in [3.8, 4) is 17.7 Å². The lowest BCUT2D eigenvalue weighted by Crippen LogP contribution is -2.44. The molecule has 4 heterocycles. The van der Waals surface area contributed by atoms with Crippen LogP contribution in [-0.4, -0.2) is 55.2 Å². The summed E-state index contributed by atoms with van der Waals surface area (Å²) in [5.74, 6) is 6.21. The highest BCUT2D eigenvalue weighted by Gasteiger charge is 2.26. The Morgan fingerprint density at radius 3 is 2.82 bits per heavy atom. The Morgan fingerprint density at radius 2 is 2.12 bits per heavy atom. The predicted molar refractivity (Wildman–Crippen MR) is 127 cm³/mol. The van der Waals surface area contributed by atoms with Gasteiger partial charge in [-0.05, 0) is 25.8 Å². The average molecular weight is 466 g/mol. The standard InChI is InChI=1S/C23H27N7O4/c1-3-4-12-29-19-20(26-22(29)28-11-7-8-16(24)13-28)27(2)23(33)30(21(19)32)14-17(31)15-34-18-9-5-6-10-25-18/h5-6,9-10,16H,7-8,11-15,24H2,1-2H3. The van der Waals surface area contributed by atoms with Gasteiger partial charge in [-0.2, -0.15) is 4.98 Å². The topological polar surface area (TPSA) is 130 Å². The van der Waals surface area contributed by atoms with Gasteiger partial charge in [0.25, 0.3) is 5.56 Å². The van der Waals surface area contributed by atoms with E-state index < -0.39 is 23.6 Å². The van der Waals surface area contributed by atoms with Crippen LogP contribution in [0.15, 0.2) is 34.0 Å². The summed E-state index contributed by atoms with van der Waals surface area (Å²) in [5, 5.41) is 0. The number of ketones is 1. The van der Waals surface area contributed by atoms with Crippen molar-refractivity contribution in [2.24, 2.45) is 12.8 Å². The van der Waals surface area contributed by atoms with Gasteiger partial charge in [0.1, 0.15) is 0 Å². The van der Waals surface area contributed by atoms with Crippen molar-refractivity contribution < 1.29 is 9.53 Å². The molecule has 0 spiro atoms. The molecule has 1 atom stereocenters. The van der Waals surface area contributed by atoms with E-state index in [4.69, 9.17) is 10.5 Å². The summed E-state index contributed by atoms with van der Waals surface area (Å²) in [6.07, 6.45) is 3.36. The molecule has 11 nitrogen and oxygen atoms in total. The van der Waals surface area contributed by atoms with Gasteiger partial charge in [0.2, 0.25) is 11.8 Å². The van der Waals surface area contributed by atoms with Crippen molar-refractivity contribution in [1.82, 2.24) is 23.7 Å². The molecule has 34 heavy (non-hydrogen) atoms. The van der Waals surface area contributed by atoms with Gasteiger partial charge in [-0.1, -0.05) is 12.0 Å². The van der Waals surface area contributed by atoms with Crippen molar-refractivity contribution in [3.05, 3.63) is 45.2 Å². The highest BCUT2D eigenvalue weighted by Crippen LogP contribution is 2.22. The Balaban J connectivity index is 1.73. The number of nitrogens with two attached hydrogens (primary N) is 1. The lowest BCUT2D eigenvalue weighted by atomic mass is 10.1. The Bertz CT molecular complexity index is 1380. The molecule has 1 aliphatic heterocycles. The molecular weight excluding hydrogens is 438 g/mol. The first kappa shape index (κ1) is 23.3. The summed E-state index contributed by atoms with van der Waals surface area (Å²) in [5.41, 5.74) is 5.40. The monoisotopic (exact) mass is 465 g/mol. The summed E-state index contributed by atoms with van der Waals surface area (Å²) in [7, 11) is 1.53. The van der Waals surface area contributed by atoms with Crippen LogP contribution in [0.3, 0.4) is 0 Å². The van der Waals surface area contributed by atoms with Crippen molar-refractivity contribution in [1.29, 1.82) is 0 Å². The Morgan fingerprint density at radius 1 is 1.29 bits per heavy atom. The molecule has 4 rings (SSSR count). The number of aryl methyl sites for hydroxylation is 1. The lowest BCUT2D eigenvalue weighted by Gasteiger charge is -2.31. The van der Waals surface area contributed by atoms with Crippen LogP contribution in [0.5, 0.6) is 5.88 Å². The maximum absolute atomic E-state index is 13.4. The van der Waals surface area contributed by atoms with Gasteiger partial charge < -0.3 is 15.4 Å². The number of rotatable bonds is 7. The van der Waals surface area contributed by atoms with Gasteiger partial charge in [0, 0.05) is 38.4 Å². The first-order chi connectivity index (χ1) is 16.4. The third-order valence-corrected chi connectivity index (χ3v) is 5.72. The molecule has 0 radical (unpaired) electrons. The molecule has 0 aliphatic carbocycles. The molecule has 1 unspecified atom stereocenters. The number of carbonyl (C=O) groups excluding carboxylic acids is 1. The fourth-order valence-electron chi connectivity index (χ4n) is 4.05. The number of anilines is 1. The Hall–Kier alpha value is -3.91. The fraction of sp³-hybridized carbons (Fsp3) is 0.435. The number of ether oxygens (including phenoxy) is 1. The van der Waals surface area contributed by atoms with Crippen LogP contribution in [0, 0.1) is 11.8 Å². The van der Waals surface area contributed by atoms with E-state index in [0.29, 0.717) is 12.5 Å². The van der Waals surface area contributed by atoms with Crippen LogP contribution in [-0.2, 0) is 24.9 Å². The normalized spacial score (nSPS) is 15.7. The van der Waals surface area contributed by atoms with Crippen molar-refractivity contribution in [3.63, 3.8) is 0 Å². The highest BCUT2D eigenvalue weighted by molar-refractivity contribution is 5.80. The van der Waals surface area contributed by atoms with Crippen molar-refractivity contribution >= 4 is 22.9 Å². The van der Waals surface area contributed by atoms with E-state index in [0.717, 1.165) is 24.0 Å². The summed E-state index contributed by atoms with van der Waals surface area (Å²) < 4.78 is 9.27. The summed E-state index contributed by atoms with van der Waals surface area (Å²) >= 11 is 0. The fourth-order valence-corrected chi connectivity index (χ4v) is 4.05. The second-order valence-electron chi connectivity index (χ2n) is 8.17. The van der Waals surface area contributed by atoms with E-state index >= 15 is 0 Å². The zero-order valence-electron chi connectivity index (χ0n) is 19.2. The number of nitrogens with zero attached hydrogens (tertiary/aromatic N) is 6. The maximum Gasteiger partial charge on any atom is 0.332 e. The molecule has 1 saturated heterocycles. The predicted octanol–water partition coefficient (Wildman–Crippen LogP) is -0.109. The number of piperidine rings is 1. The van der Waals surface area contributed by atoms with E-state index in [1.807, 2.05) is 4.90 Å². The third-order valence-electron chi connectivity index (χ3n) is 5.72. The molecule has 0 saturated carbocycles. The zero-order valence-corrected chi connectivity index (χ0v) is 19.2. The molecule has 1 fully saturated rings. The van der Waals surface area contributed by atoms with Gasteiger partial charge >= 0.3 is 5.69 Å². The maximum atomic E-state index is 13.4. The van der Waals surface area contributed by atoms with Crippen LogP contribution < -0.4 is 26.6 Å². The van der Waals surface area contributed by atoms with E-state index in [1.165, 1.54) is 11.6 Å². The Labute approximate surface area is 195 Å². The minimum atomic E-state index is -0.628. The smallest absolute Gasteiger partial charge is 0.332 e. The quantitative estimate of drug-likeness (QED) is 0.479. The average Bonchev–Trinajstić information content (AvgIpc) is 3.23. The second-order valence-corrected chi connectivity index (χ2v) is 8.17. The molecule has 178 valence electrons. The van der Waals surface area contributed by atoms with Crippen LogP contribution in [0.2, 0.25) is 0 Å². The third kappa shape index (κ3) is 4.58. The minimum absolute atomic E-state index is 0.00326. The van der Waals surface area contributed by atoms with E-state index in [9.17, 15) is 14.4 Å². The number of carbonyl (C=O) groups is 1. The van der Waals surface area contributed by atoms with Crippen molar-refractivity contribution in [2.45, 2.75) is 38.9 Å². The minimum Gasteiger partial charge on any atom is -0.470 e. The first-order valence-electron chi connectivity index (χ1n) is 11.1. The molecular formula is C23H27N7O4. The number of aromatic nitrogens is 5. The summed E-state index contributed by atoms with van der Waals surface area (Å²) in [4.78, 5) is 49.6. The zero-order chi connectivity index (χ0) is 24.2. The van der Waals surface area contributed by atoms with Crippen molar-refractivity contribution in [2.75, 3.05) is 24.6 Å². The lowest BCUT2D eigenvalue weighted by molar-refractivity contribution is -0.121. The Kier molecular flexibility index (Phi) is 6.79. The van der Waals surface area contributed by atoms with Gasteiger partial charge in [0.15, 0.2) is 23.6 Å². The number of hydrogen-bond acceptors (Lipinski definition) is 8. The number of Topliss-reactive ketones (excluding diaryl/α,β-unsaturated/α-hetero) is 1. The van der Waals surface area contributed by atoms with Gasteiger partial charge in [-0.15, -0.1) is 5.92 Å². The van der Waals surface area contributed by atoms with E-state index in [2.05, 4.69) is 21.8 Å². The number of fused-ring (bicyclic) bond motifs is 1. The molecule has 0 aromatic carbocycles. The highest BCUT2D eigenvalue weighted by atomic mass is 16.5. The van der Waals surface area contributed by atoms with Gasteiger partial charge in [0.05, 0.1) is 13.1 Å². The van der Waals surface area contributed by atoms with E-state index in [-0.39, 0.29) is 36.2 Å². The molecule has 3 aromatic rings. The first-order valence-corrected chi connectivity index (χ1v) is 11.1. The summed E-state index contributed by atoms with van der Waals surface area (Å²) in [6.45, 7) is 2.52. The number of pyridine rings is 1. The van der Waals surface area contributed by atoms with Crippen LogP contribution in [0.4, 0.5) is 5.95 Å². The molecule has 0 amide bonds. The largest absolute Gasteiger partial charge is 0.470 e. The molecule has 11 heteroatoms. The SMILES string of the molecule is CC#CCn1c(N2CCCC(N)C2)nc2c1c(=O)n(CC(=O)COc1ccccn1)c(=O)n2C. The molecule has 0 bridgehead atoms. The summed E-state index contributed by atoms with van der Waals surface area (Å²) in [6, 6.07) is 5.07. The number of imidazole rings is 1. The van der Waals surface area contributed by atoms with Crippen LogP contribution >= 0.6 is 0 Å². The molecule has 3 aromatic heterocycles. The van der Waals surface area contributed by atoms with Crippen LogP contribution in [0.25, 0.3) is 11.2 Å². The van der Waals surface area contributed by atoms with Gasteiger partial charge in [-0.3, -0.25) is 23.3 Å². The van der Waals surface area contributed by atoms with Crippen LogP contribution in [0.1, 0.15) is 19.8 Å². The number of hydrogen-bond donors (Lipinski definition) is 1. The molecule has 1 aliphatic rings. The van der Waals surface area contributed by atoms with E-state index in [1.54, 1.807) is 35.9 Å². The second kappa shape index (κ2) is 9.93. The molecule has 2 N–H and O–H groups in total. The van der Waals surface area contributed by atoms with Gasteiger partial charge in [-0.25, -0.2) is 9.78 Å².